The number of hydrogen-bond donors (Lipinski definition) is 1. The van der Waals surface area contributed by atoms with Gasteiger partial charge in [0, 0.05) is 13.6 Å². The lowest BCUT2D eigenvalue weighted by atomic mass is 9.97. The Morgan fingerprint density at radius 2 is 2.33 bits per heavy atom. The zero-order valence-electron chi connectivity index (χ0n) is 9.50. The average Bonchev–Trinajstić information content (AvgIpc) is 2.54. The molecular formula is C11H17N3O. The third-order valence-corrected chi connectivity index (χ3v) is 3.09. The van der Waals surface area contributed by atoms with E-state index in [1.165, 1.54) is 6.42 Å². The minimum Gasteiger partial charge on any atom is -0.354 e. The van der Waals surface area contributed by atoms with Crippen LogP contribution in [0.3, 0.4) is 0 Å². The number of aryl methyl sites for hydroxylation is 1. The van der Waals surface area contributed by atoms with E-state index in [4.69, 9.17) is 0 Å². The van der Waals surface area contributed by atoms with Crippen LogP contribution in [0.2, 0.25) is 0 Å². The van der Waals surface area contributed by atoms with Gasteiger partial charge in [-0.3, -0.25) is 4.79 Å². The van der Waals surface area contributed by atoms with Gasteiger partial charge in [0.25, 0.3) is 5.91 Å². The summed E-state index contributed by atoms with van der Waals surface area (Å²) in [6, 6.07) is 0. The summed E-state index contributed by atoms with van der Waals surface area (Å²) in [6.07, 6.45) is 2.14. The first-order valence-electron chi connectivity index (χ1n) is 5.41. The molecule has 0 aromatic carbocycles. The maximum absolute atomic E-state index is 11.6. The molecule has 1 aliphatic heterocycles. The molecule has 1 N–H and O–H groups in total. The highest BCUT2D eigenvalue weighted by Gasteiger charge is 2.24. The van der Waals surface area contributed by atoms with Gasteiger partial charge in [0.2, 0.25) is 0 Å². The molecule has 2 rings (SSSR count). The summed E-state index contributed by atoms with van der Waals surface area (Å²) in [5.41, 5.74) is 1.71. The van der Waals surface area contributed by atoms with Crippen LogP contribution in [-0.4, -0.2) is 22.5 Å². The number of aromatic nitrogens is 2. The monoisotopic (exact) mass is 207 g/mol. The molecule has 1 atom stereocenters. The Morgan fingerprint density at radius 1 is 1.60 bits per heavy atom. The lowest BCUT2D eigenvalue weighted by Crippen LogP contribution is -2.23. The van der Waals surface area contributed by atoms with Crippen molar-refractivity contribution in [2.24, 2.45) is 5.92 Å². The third kappa shape index (κ3) is 1.64. The standard InChI is InChI=1S/C11H17N3O/c1-7-4-5-14-8(2)13-10(9(14)6-7)11(15)12-3/h7H,4-6H2,1-3H3,(H,12,15). The normalized spacial score (nSPS) is 19.8. The molecule has 1 aromatic rings. The molecule has 4 heteroatoms. The minimum atomic E-state index is -0.0686. The van der Waals surface area contributed by atoms with E-state index in [1.807, 2.05) is 6.92 Å². The zero-order valence-corrected chi connectivity index (χ0v) is 9.50. The fraction of sp³-hybridized carbons (Fsp3) is 0.636. The molecule has 4 nitrogen and oxygen atoms in total. The van der Waals surface area contributed by atoms with Crippen molar-refractivity contribution in [1.29, 1.82) is 0 Å². The molecule has 0 fully saturated rings. The molecule has 1 aromatic heterocycles. The Bertz CT molecular complexity index is 395. The van der Waals surface area contributed by atoms with E-state index in [9.17, 15) is 4.79 Å². The highest BCUT2D eigenvalue weighted by Crippen LogP contribution is 2.24. The Hall–Kier alpha value is -1.32. The van der Waals surface area contributed by atoms with Crippen molar-refractivity contribution < 1.29 is 4.79 Å². The van der Waals surface area contributed by atoms with Gasteiger partial charge in [-0.2, -0.15) is 0 Å². The van der Waals surface area contributed by atoms with Gasteiger partial charge in [0.1, 0.15) is 11.5 Å². The summed E-state index contributed by atoms with van der Waals surface area (Å²) >= 11 is 0. The number of carbonyl (C=O) groups is 1. The second-order valence-corrected chi connectivity index (χ2v) is 4.28. The summed E-state index contributed by atoms with van der Waals surface area (Å²) in [4.78, 5) is 16.0. The van der Waals surface area contributed by atoms with E-state index in [-0.39, 0.29) is 5.91 Å². The van der Waals surface area contributed by atoms with Crippen LogP contribution in [0.4, 0.5) is 0 Å². The molecule has 82 valence electrons. The van der Waals surface area contributed by atoms with E-state index in [1.54, 1.807) is 7.05 Å². The number of amides is 1. The van der Waals surface area contributed by atoms with Crippen LogP contribution < -0.4 is 5.32 Å². The van der Waals surface area contributed by atoms with Gasteiger partial charge in [-0.1, -0.05) is 6.92 Å². The quantitative estimate of drug-likeness (QED) is 0.750. The number of nitrogens with one attached hydrogen (secondary N) is 1. The average molecular weight is 207 g/mol. The van der Waals surface area contributed by atoms with Crippen LogP contribution in [0.5, 0.6) is 0 Å². The number of imidazole rings is 1. The number of nitrogens with zero attached hydrogens (tertiary/aromatic N) is 2. The number of fused-ring (bicyclic) bond motifs is 1. The molecule has 0 radical (unpaired) electrons. The molecule has 0 saturated carbocycles. The van der Waals surface area contributed by atoms with Crippen molar-refractivity contribution in [3.05, 3.63) is 17.2 Å². The Morgan fingerprint density at radius 3 is 3.00 bits per heavy atom. The lowest BCUT2D eigenvalue weighted by Gasteiger charge is -2.21. The van der Waals surface area contributed by atoms with Crippen molar-refractivity contribution in [3.63, 3.8) is 0 Å². The fourth-order valence-electron chi connectivity index (χ4n) is 2.20. The van der Waals surface area contributed by atoms with Crippen molar-refractivity contribution in [2.75, 3.05) is 7.05 Å². The molecule has 2 heterocycles. The summed E-state index contributed by atoms with van der Waals surface area (Å²) < 4.78 is 2.17. The highest BCUT2D eigenvalue weighted by atomic mass is 16.1. The Balaban J connectivity index is 2.45. The molecule has 0 saturated heterocycles. The van der Waals surface area contributed by atoms with Gasteiger partial charge in [0.05, 0.1) is 5.69 Å². The van der Waals surface area contributed by atoms with E-state index >= 15 is 0 Å². The van der Waals surface area contributed by atoms with Crippen molar-refractivity contribution in [1.82, 2.24) is 14.9 Å². The summed E-state index contributed by atoms with van der Waals surface area (Å²) in [5, 5.41) is 2.64. The SMILES string of the molecule is CNC(=O)c1nc(C)n2c1CC(C)CC2. The molecule has 0 bridgehead atoms. The van der Waals surface area contributed by atoms with Crippen molar-refractivity contribution >= 4 is 5.91 Å². The van der Waals surface area contributed by atoms with E-state index in [2.05, 4.69) is 21.8 Å². The molecule has 0 aliphatic carbocycles. The predicted molar refractivity (Wildman–Crippen MR) is 57.8 cm³/mol. The van der Waals surface area contributed by atoms with Crippen LogP contribution in [0.1, 0.15) is 35.4 Å². The summed E-state index contributed by atoms with van der Waals surface area (Å²) in [6.45, 7) is 5.18. The topological polar surface area (TPSA) is 46.9 Å². The molecule has 0 spiro atoms. The minimum absolute atomic E-state index is 0.0686. The zero-order chi connectivity index (χ0) is 11.0. The van der Waals surface area contributed by atoms with Gasteiger partial charge in [0.15, 0.2) is 0 Å². The second kappa shape index (κ2) is 3.68. The van der Waals surface area contributed by atoms with E-state index in [0.717, 1.165) is 24.5 Å². The van der Waals surface area contributed by atoms with Gasteiger partial charge >= 0.3 is 0 Å². The number of carbonyl (C=O) groups excluding carboxylic acids is 1. The smallest absolute Gasteiger partial charge is 0.271 e. The lowest BCUT2D eigenvalue weighted by molar-refractivity contribution is 0.0957. The Kier molecular flexibility index (Phi) is 2.50. The van der Waals surface area contributed by atoms with Crippen LogP contribution in [0.25, 0.3) is 0 Å². The first-order chi connectivity index (χ1) is 7.13. The first kappa shape index (κ1) is 10.2. The molecule has 1 unspecified atom stereocenters. The summed E-state index contributed by atoms with van der Waals surface area (Å²) in [5.74, 6) is 1.54. The van der Waals surface area contributed by atoms with Gasteiger partial charge in [-0.25, -0.2) is 4.98 Å². The fourth-order valence-corrected chi connectivity index (χ4v) is 2.20. The van der Waals surface area contributed by atoms with Crippen LogP contribution >= 0.6 is 0 Å². The van der Waals surface area contributed by atoms with Crippen molar-refractivity contribution in [2.45, 2.75) is 33.2 Å². The second-order valence-electron chi connectivity index (χ2n) is 4.28. The van der Waals surface area contributed by atoms with Crippen LogP contribution in [0.15, 0.2) is 0 Å². The van der Waals surface area contributed by atoms with E-state index < -0.39 is 0 Å². The largest absolute Gasteiger partial charge is 0.354 e. The van der Waals surface area contributed by atoms with Crippen LogP contribution in [0, 0.1) is 12.8 Å². The number of rotatable bonds is 1. The van der Waals surface area contributed by atoms with Gasteiger partial charge < -0.3 is 9.88 Å². The van der Waals surface area contributed by atoms with Gasteiger partial charge in [-0.05, 0) is 25.7 Å². The number of hydrogen-bond acceptors (Lipinski definition) is 2. The highest BCUT2D eigenvalue weighted by molar-refractivity contribution is 5.93. The van der Waals surface area contributed by atoms with Crippen molar-refractivity contribution in [3.8, 4) is 0 Å². The predicted octanol–water partition coefficient (Wildman–Crippen LogP) is 1.13. The molecule has 1 aliphatic rings. The molecular weight excluding hydrogens is 190 g/mol. The van der Waals surface area contributed by atoms with E-state index in [0.29, 0.717) is 11.6 Å². The van der Waals surface area contributed by atoms with Gasteiger partial charge in [-0.15, -0.1) is 0 Å². The maximum Gasteiger partial charge on any atom is 0.271 e. The van der Waals surface area contributed by atoms with Crippen LogP contribution in [-0.2, 0) is 13.0 Å². The Labute approximate surface area is 89.7 Å². The third-order valence-electron chi connectivity index (χ3n) is 3.09. The molecule has 1 amide bonds. The first-order valence-corrected chi connectivity index (χ1v) is 5.41. The maximum atomic E-state index is 11.6. The summed E-state index contributed by atoms with van der Waals surface area (Å²) in [7, 11) is 1.65. The molecule has 15 heavy (non-hydrogen) atoms.